The standard InChI is InChI=1S/C11H7BrFN/c12-9-5-2-1-4-8(9)11-10(13)6-3-7-14-11/h1-7H. The minimum Gasteiger partial charge on any atom is -0.253 e. The third-order valence-corrected chi connectivity index (χ3v) is 2.58. The van der Waals surface area contributed by atoms with Gasteiger partial charge in [0.2, 0.25) is 0 Å². The highest BCUT2D eigenvalue weighted by molar-refractivity contribution is 9.10. The normalized spacial score (nSPS) is 10.1. The van der Waals surface area contributed by atoms with Crippen molar-refractivity contribution in [1.29, 1.82) is 0 Å². The van der Waals surface area contributed by atoms with Crippen LogP contribution in [0.2, 0.25) is 0 Å². The second-order valence-electron chi connectivity index (χ2n) is 2.81. The lowest BCUT2D eigenvalue weighted by atomic mass is 10.1. The molecule has 0 bridgehead atoms. The number of hydrogen-bond acceptors (Lipinski definition) is 1. The number of rotatable bonds is 1. The molecule has 3 heteroatoms. The maximum Gasteiger partial charge on any atom is 0.149 e. The van der Waals surface area contributed by atoms with E-state index >= 15 is 0 Å². The van der Waals surface area contributed by atoms with Crippen LogP contribution in [0.1, 0.15) is 0 Å². The average molecular weight is 252 g/mol. The molecule has 2 rings (SSSR count). The van der Waals surface area contributed by atoms with Gasteiger partial charge < -0.3 is 0 Å². The fourth-order valence-corrected chi connectivity index (χ4v) is 1.71. The molecule has 1 aromatic carbocycles. The van der Waals surface area contributed by atoms with E-state index in [1.165, 1.54) is 6.07 Å². The van der Waals surface area contributed by atoms with Crippen LogP contribution < -0.4 is 0 Å². The van der Waals surface area contributed by atoms with E-state index in [4.69, 9.17) is 0 Å². The number of halogens is 2. The monoisotopic (exact) mass is 251 g/mol. The van der Waals surface area contributed by atoms with Crippen molar-refractivity contribution < 1.29 is 4.39 Å². The summed E-state index contributed by atoms with van der Waals surface area (Å²) in [6.07, 6.45) is 1.58. The molecule has 0 saturated carbocycles. The minimum absolute atomic E-state index is 0.306. The molecule has 0 N–H and O–H groups in total. The molecule has 1 nitrogen and oxygen atoms in total. The van der Waals surface area contributed by atoms with Crippen LogP contribution in [0.15, 0.2) is 47.1 Å². The Morgan fingerprint density at radius 1 is 1.07 bits per heavy atom. The minimum atomic E-state index is -0.306. The van der Waals surface area contributed by atoms with E-state index < -0.39 is 0 Å². The van der Waals surface area contributed by atoms with Crippen molar-refractivity contribution in [2.75, 3.05) is 0 Å². The highest BCUT2D eigenvalue weighted by Crippen LogP contribution is 2.27. The molecule has 0 fully saturated rings. The van der Waals surface area contributed by atoms with Crippen molar-refractivity contribution in [2.24, 2.45) is 0 Å². The molecule has 0 spiro atoms. The van der Waals surface area contributed by atoms with Gasteiger partial charge in [-0.05, 0) is 18.2 Å². The Bertz CT molecular complexity index is 413. The summed E-state index contributed by atoms with van der Waals surface area (Å²) in [6.45, 7) is 0. The van der Waals surface area contributed by atoms with E-state index in [-0.39, 0.29) is 5.82 Å². The predicted molar refractivity (Wildman–Crippen MR) is 57.3 cm³/mol. The molecule has 0 aliphatic rings. The Hall–Kier alpha value is -1.22. The number of aromatic nitrogens is 1. The van der Waals surface area contributed by atoms with Gasteiger partial charge in [0.15, 0.2) is 0 Å². The lowest BCUT2D eigenvalue weighted by Gasteiger charge is -2.03. The predicted octanol–water partition coefficient (Wildman–Crippen LogP) is 3.65. The van der Waals surface area contributed by atoms with Crippen molar-refractivity contribution in [3.63, 3.8) is 0 Å². The molecular formula is C11H7BrFN. The summed E-state index contributed by atoms with van der Waals surface area (Å²) in [5.41, 5.74) is 1.14. The summed E-state index contributed by atoms with van der Waals surface area (Å²) < 4.78 is 14.2. The molecule has 2 aromatic rings. The van der Waals surface area contributed by atoms with Gasteiger partial charge in [0.25, 0.3) is 0 Å². The number of pyridine rings is 1. The van der Waals surface area contributed by atoms with Gasteiger partial charge >= 0.3 is 0 Å². The lowest BCUT2D eigenvalue weighted by molar-refractivity contribution is 0.625. The summed E-state index contributed by atoms with van der Waals surface area (Å²) in [7, 11) is 0. The molecule has 14 heavy (non-hydrogen) atoms. The molecule has 70 valence electrons. The van der Waals surface area contributed by atoms with Gasteiger partial charge in [-0.25, -0.2) is 4.39 Å². The zero-order valence-electron chi connectivity index (χ0n) is 7.24. The molecule has 1 aromatic heterocycles. The van der Waals surface area contributed by atoms with Crippen LogP contribution in [0.25, 0.3) is 11.3 Å². The Labute approximate surface area is 89.7 Å². The van der Waals surface area contributed by atoms with E-state index in [1.807, 2.05) is 24.3 Å². The van der Waals surface area contributed by atoms with E-state index in [0.29, 0.717) is 5.69 Å². The highest BCUT2D eigenvalue weighted by Gasteiger charge is 2.07. The third-order valence-electron chi connectivity index (χ3n) is 1.89. The summed E-state index contributed by atoms with van der Waals surface area (Å²) in [5, 5.41) is 0. The van der Waals surface area contributed by atoms with Crippen LogP contribution in [0.4, 0.5) is 4.39 Å². The van der Waals surface area contributed by atoms with E-state index in [2.05, 4.69) is 20.9 Å². The fraction of sp³-hybridized carbons (Fsp3) is 0. The molecule has 0 atom stereocenters. The van der Waals surface area contributed by atoms with Gasteiger partial charge in [-0.2, -0.15) is 0 Å². The van der Waals surface area contributed by atoms with Gasteiger partial charge in [0, 0.05) is 16.2 Å². The van der Waals surface area contributed by atoms with Crippen LogP contribution >= 0.6 is 15.9 Å². The molecule has 1 heterocycles. The molecule has 0 aliphatic heterocycles. The summed E-state index contributed by atoms with van der Waals surface area (Å²) >= 11 is 3.36. The Balaban J connectivity index is 2.61. The van der Waals surface area contributed by atoms with E-state index in [0.717, 1.165) is 10.0 Å². The highest BCUT2D eigenvalue weighted by atomic mass is 79.9. The summed E-state index contributed by atoms with van der Waals surface area (Å²) in [6, 6.07) is 10.4. The first-order valence-electron chi connectivity index (χ1n) is 4.14. The quantitative estimate of drug-likeness (QED) is 0.754. The Morgan fingerprint density at radius 2 is 1.86 bits per heavy atom. The number of nitrogens with zero attached hydrogens (tertiary/aromatic N) is 1. The average Bonchev–Trinajstić information content (AvgIpc) is 2.20. The van der Waals surface area contributed by atoms with Gasteiger partial charge in [0.05, 0.1) is 0 Å². The molecule has 0 amide bonds. The Kier molecular flexibility index (Phi) is 2.59. The van der Waals surface area contributed by atoms with Crippen molar-refractivity contribution in [2.45, 2.75) is 0 Å². The largest absolute Gasteiger partial charge is 0.253 e. The summed E-state index contributed by atoms with van der Waals surface area (Å²) in [5.74, 6) is -0.306. The topological polar surface area (TPSA) is 12.9 Å². The van der Waals surface area contributed by atoms with Gasteiger partial charge in [-0.15, -0.1) is 0 Å². The number of benzene rings is 1. The van der Waals surface area contributed by atoms with Gasteiger partial charge in [-0.3, -0.25) is 4.98 Å². The molecule has 0 saturated heterocycles. The lowest BCUT2D eigenvalue weighted by Crippen LogP contribution is -1.88. The van der Waals surface area contributed by atoms with Gasteiger partial charge in [0.1, 0.15) is 11.5 Å². The Morgan fingerprint density at radius 3 is 2.57 bits per heavy atom. The van der Waals surface area contributed by atoms with Crippen molar-refractivity contribution in [3.05, 3.63) is 52.9 Å². The number of hydrogen-bond donors (Lipinski definition) is 0. The maximum atomic E-state index is 13.4. The molecule has 0 aliphatic carbocycles. The smallest absolute Gasteiger partial charge is 0.149 e. The third kappa shape index (κ3) is 1.68. The van der Waals surface area contributed by atoms with E-state index in [9.17, 15) is 4.39 Å². The van der Waals surface area contributed by atoms with Crippen molar-refractivity contribution in [1.82, 2.24) is 4.98 Å². The zero-order valence-corrected chi connectivity index (χ0v) is 8.83. The first-order chi connectivity index (χ1) is 6.79. The maximum absolute atomic E-state index is 13.4. The first kappa shape index (κ1) is 9.34. The van der Waals surface area contributed by atoms with Crippen LogP contribution in [0.3, 0.4) is 0 Å². The first-order valence-corrected chi connectivity index (χ1v) is 4.94. The van der Waals surface area contributed by atoms with Crippen LogP contribution in [-0.4, -0.2) is 4.98 Å². The van der Waals surface area contributed by atoms with Crippen LogP contribution in [0.5, 0.6) is 0 Å². The van der Waals surface area contributed by atoms with Crippen molar-refractivity contribution >= 4 is 15.9 Å². The van der Waals surface area contributed by atoms with Crippen LogP contribution in [-0.2, 0) is 0 Å². The fourth-order valence-electron chi connectivity index (χ4n) is 1.24. The zero-order chi connectivity index (χ0) is 9.97. The van der Waals surface area contributed by atoms with Gasteiger partial charge in [-0.1, -0.05) is 34.1 Å². The molecular weight excluding hydrogens is 245 g/mol. The van der Waals surface area contributed by atoms with Crippen molar-refractivity contribution in [3.8, 4) is 11.3 Å². The SMILES string of the molecule is Fc1cccnc1-c1ccccc1Br. The van der Waals surface area contributed by atoms with Crippen LogP contribution in [0, 0.1) is 5.82 Å². The second-order valence-corrected chi connectivity index (χ2v) is 3.67. The van der Waals surface area contributed by atoms with E-state index in [1.54, 1.807) is 12.3 Å². The second kappa shape index (κ2) is 3.88. The molecule has 0 radical (unpaired) electrons. The molecule has 0 unspecified atom stereocenters. The summed E-state index contributed by atoms with van der Waals surface area (Å²) in [4.78, 5) is 4.00.